The number of rotatable bonds is 16. The molecule has 0 spiro atoms. The van der Waals surface area contributed by atoms with Crippen molar-refractivity contribution in [1.82, 2.24) is 0 Å². The highest BCUT2D eigenvalue weighted by molar-refractivity contribution is 4.55. The van der Waals surface area contributed by atoms with Gasteiger partial charge in [0.2, 0.25) is 0 Å². The molecule has 0 amide bonds. The first-order valence-corrected chi connectivity index (χ1v) is 8.30. The number of aliphatic hydroxyl groups excluding tert-OH is 2. The van der Waals surface area contributed by atoms with Crippen molar-refractivity contribution in [1.29, 1.82) is 0 Å². The Bertz CT molecular complexity index is 181. The molecule has 0 aliphatic heterocycles. The molecule has 128 valence electrons. The lowest BCUT2D eigenvalue weighted by Gasteiger charge is -2.13. The minimum absolute atomic E-state index is 0.372. The van der Waals surface area contributed by atoms with E-state index in [0.717, 1.165) is 25.7 Å². The molecular formula is C16H34O5. The first-order chi connectivity index (χ1) is 10.2. The molecule has 5 nitrogen and oxygen atoms in total. The Hall–Kier alpha value is -0.200. The molecule has 2 unspecified atom stereocenters. The van der Waals surface area contributed by atoms with E-state index in [1.165, 1.54) is 0 Å². The second kappa shape index (κ2) is 16.2. The summed E-state index contributed by atoms with van der Waals surface area (Å²) in [4.78, 5) is 0. The quantitative estimate of drug-likeness (QED) is 0.428. The first-order valence-electron chi connectivity index (χ1n) is 8.30. The molecule has 21 heavy (non-hydrogen) atoms. The maximum atomic E-state index is 9.65. The summed E-state index contributed by atoms with van der Waals surface area (Å²) in [6.07, 6.45) is 4.45. The van der Waals surface area contributed by atoms with Gasteiger partial charge in [-0.05, 0) is 25.7 Å². The molecule has 0 aromatic heterocycles. The van der Waals surface area contributed by atoms with Gasteiger partial charge in [0.15, 0.2) is 0 Å². The van der Waals surface area contributed by atoms with Crippen LogP contribution < -0.4 is 0 Å². The van der Waals surface area contributed by atoms with Gasteiger partial charge in [-0.3, -0.25) is 0 Å². The summed E-state index contributed by atoms with van der Waals surface area (Å²) < 4.78 is 16.1. The molecule has 0 aromatic carbocycles. The van der Waals surface area contributed by atoms with E-state index in [1.807, 2.05) is 0 Å². The molecule has 0 aromatic rings. The van der Waals surface area contributed by atoms with Crippen LogP contribution in [0.15, 0.2) is 0 Å². The van der Waals surface area contributed by atoms with Gasteiger partial charge in [0.05, 0.1) is 25.4 Å². The van der Waals surface area contributed by atoms with Crippen molar-refractivity contribution in [3.05, 3.63) is 0 Å². The van der Waals surface area contributed by atoms with Crippen molar-refractivity contribution in [2.45, 2.75) is 64.6 Å². The molecule has 0 rings (SSSR count). The van der Waals surface area contributed by atoms with Crippen molar-refractivity contribution >= 4 is 0 Å². The van der Waals surface area contributed by atoms with Crippen molar-refractivity contribution in [2.24, 2.45) is 0 Å². The summed E-state index contributed by atoms with van der Waals surface area (Å²) in [5, 5.41) is 19.3. The van der Waals surface area contributed by atoms with Crippen molar-refractivity contribution in [2.75, 3.05) is 39.6 Å². The van der Waals surface area contributed by atoms with E-state index < -0.39 is 12.2 Å². The van der Waals surface area contributed by atoms with Crippen LogP contribution in [-0.2, 0) is 14.2 Å². The van der Waals surface area contributed by atoms with Gasteiger partial charge in [-0.2, -0.15) is 0 Å². The van der Waals surface area contributed by atoms with Crippen molar-refractivity contribution in [3.63, 3.8) is 0 Å². The Kier molecular flexibility index (Phi) is 16.0. The van der Waals surface area contributed by atoms with Gasteiger partial charge in [0.1, 0.15) is 0 Å². The number of ether oxygens (including phenoxy) is 3. The highest BCUT2D eigenvalue weighted by Gasteiger charge is 2.06. The number of hydrogen-bond acceptors (Lipinski definition) is 5. The largest absolute Gasteiger partial charge is 0.391 e. The van der Waals surface area contributed by atoms with Crippen LogP contribution in [0.5, 0.6) is 0 Å². The van der Waals surface area contributed by atoms with E-state index in [2.05, 4.69) is 13.8 Å². The highest BCUT2D eigenvalue weighted by atomic mass is 16.5. The van der Waals surface area contributed by atoms with E-state index in [9.17, 15) is 10.2 Å². The second-order valence-corrected chi connectivity index (χ2v) is 5.35. The third kappa shape index (κ3) is 16.0. The van der Waals surface area contributed by atoms with Gasteiger partial charge >= 0.3 is 0 Å². The zero-order valence-corrected chi connectivity index (χ0v) is 13.8. The van der Waals surface area contributed by atoms with E-state index in [0.29, 0.717) is 52.5 Å². The standard InChI is InChI=1S/C16H34O5/c1-3-5-9-20-13-15(17)7-11-19-12-8-16(18)14-21-10-6-4-2/h15-18H,3-14H2,1-2H3. The van der Waals surface area contributed by atoms with Gasteiger partial charge in [0.25, 0.3) is 0 Å². The van der Waals surface area contributed by atoms with Crippen LogP contribution >= 0.6 is 0 Å². The average molecular weight is 306 g/mol. The van der Waals surface area contributed by atoms with E-state index in [1.54, 1.807) is 0 Å². The molecule has 2 atom stereocenters. The molecular weight excluding hydrogens is 272 g/mol. The molecule has 0 aliphatic rings. The fourth-order valence-electron chi connectivity index (χ4n) is 1.64. The maximum Gasteiger partial charge on any atom is 0.0795 e. The average Bonchev–Trinajstić information content (AvgIpc) is 2.48. The third-order valence-corrected chi connectivity index (χ3v) is 3.10. The highest BCUT2D eigenvalue weighted by Crippen LogP contribution is 1.99. The first kappa shape index (κ1) is 20.8. The summed E-state index contributed by atoms with van der Waals surface area (Å²) in [5.74, 6) is 0. The van der Waals surface area contributed by atoms with Gasteiger partial charge in [0, 0.05) is 26.4 Å². The summed E-state index contributed by atoms with van der Waals surface area (Å²) in [6, 6.07) is 0. The van der Waals surface area contributed by atoms with Crippen LogP contribution in [0.4, 0.5) is 0 Å². The molecule has 0 heterocycles. The summed E-state index contributed by atoms with van der Waals surface area (Å²) in [5.41, 5.74) is 0. The zero-order valence-electron chi connectivity index (χ0n) is 13.8. The Morgan fingerprint density at radius 2 is 1.10 bits per heavy atom. The Morgan fingerprint density at radius 3 is 1.48 bits per heavy atom. The van der Waals surface area contributed by atoms with Crippen LogP contribution in [0.1, 0.15) is 52.4 Å². The molecule has 2 N–H and O–H groups in total. The topological polar surface area (TPSA) is 68.2 Å². The SMILES string of the molecule is CCCCOCC(O)CCOCCC(O)COCCCC. The molecule has 0 aliphatic carbocycles. The summed E-state index contributed by atoms with van der Waals surface area (Å²) in [7, 11) is 0. The Morgan fingerprint density at radius 1 is 0.667 bits per heavy atom. The lowest BCUT2D eigenvalue weighted by molar-refractivity contribution is -0.00332. The smallest absolute Gasteiger partial charge is 0.0795 e. The maximum absolute atomic E-state index is 9.65. The van der Waals surface area contributed by atoms with Crippen LogP contribution in [0.3, 0.4) is 0 Å². The number of hydrogen-bond donors (Lipinski definition) is 2. The predicted octanol–water partition coefficient (Wildman–Crippen LogP) is 2.14. The number of unbranched alkanes of at least 4 members (excludes halogenated alkanes) is 2. The Labute approximate surface area is 129 Å². The minimum Gasteiger partial charge on any atom is -0.391 e. The van der Waals surface area contributed by atoms with E-state index >= 15 is 0 Å². The monoisotopic (exact) mass is 306 g/mol. The Balaban J connectivity index is 3.26. The molecule has 0 bridgehead atoms. The fourth-order valence-corrected chi connectivity index (χ4v) is 1.64. The van der Waals surface area contributed by atoms with Crippen LogP contribution in [0.25, 0.3) is 0 Å². The minimum atomic E-state index is -0.468. The normalized spacial score (nSPS) is 14.3. The lowest BCUT2D eigenvalue weighted by Crippen LogP contribution is -2.20. The molecule has 0 saturated heterocycles. The zero-order chi connectivity index (χ0) is 15.8. The molecule has 5 heteroatoms. The van der Waals surface area contributed by atoms with Gasteiger partial charge in [-0.25, -0.2) is 0 Å². The van der Waals surface area contributed by atoms with Crippen molar-refractivity contribution in [3.8, 4) is 0 Å². The lowest BCUT2D eigenvalue weighted by atomic mass is 10.2. The van der Waals surface area contributed by atoms with E-state index in [4.69, 9.17) is 14.2 Å². The molecule has 0 saturated carbocycles. The van der Waals surface area contributed by atoms with Crippen molar-refractivity contribution < 1.29 is 24.4 Å². The van der Waals surface area contributed by atoms with Crippen LogP contribution in [0, 0.1) is 0 Å². The fraction of sp³-hybridized carbons (Fsp3) is 1.00. The molecule has 0 fully saturated rings. The summed E-state index contributed by atoms with van der Waals surface area (Å²) in [6.45, 7) is 7.35. The van der Waals surface area contributed by atoms with Crippen LogP contribution in [-0.4, -0.2) is 62.1 Å². The predicted molar refractivity (Wildman–Crippen MR) is 83.5 cm³/mol. The molecule has 0 radical (unpaired) electrons. The second-order valence-electron chi connectivity index (χ2n) is 5.35. The third-order valence-electron chi connectivity index (χ3n) is 3.10. The van der Waals surface area contributed by atoms with E-state index in [-0.39, 0.29) is 0 Å². The van der Waals surface area contributed by atoms with Gasteiger partial charge in [-0.15, -0.1) is 0 Å². The van der Waals surface area contributed by atoms with Gasteiger partial charge < -0.3 is 24.4 Å². The number of aliphatic hydroxyl groups is 2. The van der Waals surface area contributed by atoms with Gasteiger partial charge in [-0.1, -0.05) is 26.7 Å². The van der Waals surface area contributed by atoms with Crippen LogP contribution in [0.2, 0.25) is 0 Å². The summed E-state index contributed by atoms with van der Waals surface area (Å²) >= 11 is 0.